The maximum absolute atomic E-state index is 12.6. The molecule has 2 aromatic rings. The number of hydrogen-bond acceptors (Lipinski definition) is 3. The van der Waals surface area contributed by atoms with Gasteiger partial charge in [-0.1, -0.05) is 6.42 Å². The van der Waals surface area contributed by atoms with Crippen LogP contribution in [0.1, 0.15) is 30.4 Å². The second-order valence-corrected chi connectivity index (χ2v) is 6.16. The third-order valence-corrected chi connectivity index (χ3v) is 4.38. The van der Waals surface area contributed by atoms with Gasteiger partial charge in [0.2, 0.25) is 0 Å². The predicted octanol–water partition coefficient (Wildman–Crippen LogP) is 3.33. The number of aromatic nitrogens is 2. The molecule has 2 heterocycles. The van der Waals surface area contributed by atoms with Crippen LogP contribution in [0.4, 0.5) is 13.2 Å². The normalized spacial score (nSPS) is 19.1. The molecule has 1 N–H and O–H groups in total. The molecule has 1 fully saturated rings. The lowest BCUT2D eigenvalue weighted by Crippen LogP contribution is -2.43. The molecule has 1 unspecified atom stereocenters. The summed E-state index contributed by atoms with van der Waals surface area (Å²) in [4.78, 5) is 13.2. The Labute approximate surface area is 142 Å². The van der Waals surface area contributed by atoms with E-state index in [1.54, 1.807) is 12.4 Å². The average molecular weight is 353 g/mol. The number of halogens is 3. The molecule has 3 rings (SSSR count). The number of carbonyl (C=O) groups is 1. The fraction of sp³-hybridized carbons (Fsp3) is 0.412. The number of aliphatic carboxylic acids is 1. The summed E-state index contributed by atoms with van der Waals surface area (Å²) in [6, 6.07) is 4.26. The van der Waals surface area contributed by atoms with Gasteiger partial charge in [0.05, 0.1) is 17.4 Å². The molecule has 1 aromatic carbocycles. The van der Waals surface area contributed by atoms with Gasteiger partial charge in [0.25, 0.3) is 0 Å². The zero-order valence-electron chi connectivity index (χ0n) is 13.4. The van der Waals surface area contributed by atoms with Gasteiger partial charge in [0, 0.05) is 18.3 Å². The monoisotopic (exact) mass is 353 g/mol. The van der Waals surface area contributed by atoms with E-state index in [-0.39, 0.29) is 0 Å². The molecule has 0 saturated carbocycles. The molecule has 8 heteroatoms. The number of hydrogen-bond donors (Lipinski definition) is 1. The van der Waals surface area contributed by atoms with E-state index < -0.39 is 23.8 Å². The van der Waals surface area contributed by atoms with Gasteiger partial charge in [-0.05, 0) is 43.7 Å². The first-order chi connectivity index (χ1) is 11.8. The highest BCUT2D eigenvalue weighted by Gasteiger charge is 2.30. The number of benzene rings is 1. The molecule has 0 aliphatic carbocycles. The highest BCUT2D eigenvalue weighted by atomic mass is 19.4. The Balaban J connectivity index is 1.73. The Morgan fingerprint density at radius 2 is 1.96 bits per heavy atom. The largest absolute Gasteiger partial charge is 0.480 e. The lowest BCUT2D eigenvalue weighted by atomic mass is 10.0. The van der Waals surface area contributed by atoms with Gasteiger partial charge in [0.15, 0.2) is 0 Å². The third-order valence-electron chi connectivity index (χ3n) is 4.38. The van der Waals surface area contributed by atoms with E-state index in [2.05, 4.69) is 5.10 Å². The fourth-order valence-electron chi connectivity index (χ4n) is 3.08. The first kappa shape index (κ1) is 17.5. The highest BCUT2D eigenvalue weighted by molar-refractivity contribution is 5.73. The van der Waals surface area contributed by atoms with Gasteiger partial charge in [-0.3, -0.25) is 9.69 Å². The minimum atomic E-state index is -4.37. The zero-order chi connectivity index (χ0) is 18.0. The summed E-state index contributed by atoms with van der Waals surface area (Å²) < 4.78 is 39.3. The van der Waals surface area contributed by atoms with Crippen LogP contribution in [0, 0.1) is 0 Å². The van der Waals surface area contributed by atoms with Crippen LogP contribution in [-0.4, -0.2) is 38.3 Å². The van der Waals surface area contributed by atoms with E-state index in [0.717, 1.165) is 30.5 Å². The van der Waals surface area contributed by atoms with Gasteiger partial charge in [-0.2, -0.15) is 18.3 Å². The summed E-state index contributed by atoms with van der Waals surface area (Å²) in [5.41, 5.74) is 0.641. The van der Waals surface area contributed by atoms with Crippen LogP contribution >= 0.6 is 0 Å². The number of nitrogens with zero attached hydrogens (tertiary/aromatic N) is 3. The van der Waals surface area contributed by atoms with Crippen molar-refractivity contribution >= 4 is 5.97 Å². The smallest absolute Gasteiger partial charge is 0.416 e. The average Bonchev–Trinajstić information content (AvgIpc) is 3.03. The first-order valence-electron chi connectivity index (χ1n) is 8.02. The molecular weight excluding hydrogens is 335 g/mol. The summed E-state index contributed by atoms with van der Waals surface area (Å²) in [5, 5.41) is 13.5. The van der Waals surface area contributed by atoms with E-state index in [0.29, 0.717) is 25.2 Å². The maximum atomic E-state index is 12.6. The van der Waals surface area contributed by atoms with E-state index in [1.165, 1.54) is 16.8 Å². The number of rotatable bonds is 4. The van der Waals surface area contributed by atoms with Crippen LogP contribution in [0.15, 0.2) is 36.7 Å². The van der Waals surface area contributed by atoms with Crippen LogP contribution in [0.3, 0.4) is 0 Å². The summed E-state index contributed by atoms with van der Waals surface area (Å²) in [6.45, 7) is 1.17. The van der Waals surface area contributed by atoms with Crippen molar-refractivity contribution in [1.82, 2.24) is 14.7 Å². The molecule has 134 valence electrons. The van der Waals surface area contributed by atoms with Crippen molar-refractivity contribution < 1.29 is 23.1 Å². The third kappa shape index (κ3) is 4.01. The Morgan fingerprint density at radius 3 is 2.60 bits per heavy atom. The summed E-state index contributed by atoms with van der Waals surface area (Å²) in [7, 11) is 0. The van der Waals surface area contributed by atoms with E-state index in [4.69, 9.17) is 0 Å². The van der Waals surface area contributed by atoms with Crippen molar-refractivity contribution in [3.05, 3.63) is 47.8 Å². The van der Waals surface area contributed by atoms with Crippen molar-refractivity contribution in [2.45, 2.75) is 38.0 Å². The van der Waals surface area contributed by atoms with Crippen molar-refractivity contribution in [1.29, 1.82) is 0 Å². The van der Waals surface area contributed by atoms with Crippen molar-refractivity contribution in [3.63, 3.8) is 0 Å². The van der Waals surface area contributed by atoms with Gasteiger partial charge in [0.1, 0.15) is 6.04 Å². The number of likely N-dealkylation sites (tertiary alicyclic amines) is 1. The van der Waals surface area contributed by atoms with Gasteiger partial charge < -0.3 is 5.11 Å². The minimum Gasteiger partial charge on any atom is -0.480 e. The molecular formula is C17H18F3N3O2. The second kappa shape index (κ2) is 6.87. The first-order valence-corrected chi connectivity index (χ1v) is 8.02. The summed E-state index contributed by atoms with van der Waals surface area (Å²) >= 11 is 0. The standard InChI is InChI=1S/C17H18F3N3O2/c18-17(19,20)13-4-6-14(7-5-13)23-11-12(9-21-23)10-22-8-2-1-3-15(22)16(24)25/h4-7,9,11,15H,1-3,8,10H2,(H,24,25). The number of carboxylic acids is 1. The Hall–Kier alpha value is -2.35. The quantitative estimate of drug-likeness (QED) is 0.916. The molecule has 0 bridgehead atoms. The maximum Gasteiger partial charge on any atom is 0.416 e. The molecule has 1 aromatic heterocycles. The second-order valence-electron chi connectivity index (χ2n) is 6.16. The topological polar surface area (TPSA) is 58.4 Å². The summed E-state index contributed by atoms with van der Waals surface area (Å²) in [5.74, 6) is -0.824. The Kier molecular flexibility index (Phi) is 4.80. The molecule has 1 atom stereocenters. The van der Waals surface area contributed by atoms with E-state index in [1.807, 2.05) is 4.90 Å². The van der Waals surface area contributed by atoms with Gasteiger partial charge in [-0.15, -0.1) is 0 Å². The van der Waals surface area contributed by atoms with Crippen LogP contribution < -0.4 is 0 Å². The van der Waals surface area contributed by atoms with Crippen molar-refractivity contribution in [2.75, 3.05) is 6.54 Å². The number of alkyl halides is 3. The molecule has 0 spiro atoms. The molecule has 1 saturated heterocycles. The molecule has 1 aliphatic heterocycles. The van der Waals surface area contributed by atoms with Crippen LogP contribution in [-0.2, 0) is 17.5 Å². The minimum absolute atomic E-state index is 0.456. The molecule has 25 heavy (non-hydrogen) atoms. The number of carboxylic acid groups (broad SMARTS) is 1. The van der Waals surface area contributed by atoms with Gasteiger partial charge in [-0.25, -0.2) is 4.68 Å². The number of piperidine rings is 1. The van der Waals surface area contributed by atoms with Crippen molar-refractivity contribution in [3.8, 4) is 5.69 Å². The Morgan fingerprint density at radius 1 is 1.24 bits per heavy atom. The lowest BCUT2D eigenvalue weighted by molar-refractivity contribution is -0.145. The summed E-state index contributed by atoms with van der Waals surface area (Å²) in [6.07, 6.45) is 1.45. The molecule has 1 aliphatic rings. The fourth-order valence-corrected chi connectivity index (χ4v) is 3.08. The highest BCUT2D eigenvalue weighted by Crippen LogP contribution is 2.29. The van der Waals surface area contributed by atoms with Crippen molar-refractivity contribution in [2.24, 2.45) is 0 Å². The van der Waals surface area contributed by atoms with Crippen LogP contribution in [0.25, 0.3) is 5.69 Å². The SMILES string of the molecule is O=C(O)C1CCCCN1Cc1cnn(-c2ccc(C(F)(F)F)cc2)c1. The predicted molar refractivity (Wildman–Crippen MR) is 84.3 cm³/mol. The van der Waals surface area contributed by atoms with E-state index >= 15 is 0 Å². The molecule has 5 nitrogen and oxygen atoms in total. The molecule has 0 amide bonds. The van der Waals surface area contributed by atoms with E-state index in [9.17, 15) is 23.1 Å². The van der Waals surface area contributed by atoms with Crippen LogP contribution in [0.5, 0.6) is 0 Å². The lowest BCUT2D eigenvalue weighted by Gasteiger charge is -2.32. The van der Waals surface area contributed by atoms with Gasteiger partial charge >= 0.3 is 12.1 Å². The zero-order valence-corrected chi connectivity index (χ0v) is 13.4. The molecule has 0 radical (unpaired) electrons. The van der Waals surface area contributed by atoms with Crippen LogP contribution in [0.2, 0.25) is 0 Å². The Bertz CT molecular complexity index is 740.